The van der Waals surface area contributed by atoms with Gasteiger partial charge in [0.1, 0.15) is 29.8 Å². The predicted molar refractivity (Wildman–Crippen MR) is 171 cm³/mol. The van der Waals surface area contributed by atoms with E-state index in [0.29, 0.717) is 22.5 Å². The van der Waals surface area contributed by atoms with Gasteiger partial charge < -0.3 is 24.4 Å². The number of aliphatic hydroxyl groups is 1. The van der Waals surface area contributed by atoms with Gasteiger partial charge >= 0.3 is 13.7 Å². The normalized spacial score (nSPS) is 24.6. The topological polar surface area (TPSA) is 159 Å². The van der Waals surface area contributed by atoms with E-state index in [4.69, 9.17) is 24.9 Å². The number of nitrogens with one attached hydrogen (secondary N) is 2. The number of nitrogens with zero attached hydrogens (tertiary/aromatic N) is 4. The third-order valence-corrected chi connectivity index (χ3v) is 9.43. The van der Waals surface area contributed by atoms with Crippen LogP contribution in [0.15, 0.2) is 48.8 Å². The van der Waals surface area contributed by atoms with E-state index in [1.807, 2.05) is 24.1 Å². The summed E-state index contributed by atoms with van der Waals surface area (Å²) in [5.41, 5.74) is -2.12. The number of fused-ring (bicyclic) bond motifs is 2. The highest BCUT2D eigenvalue weighted by atomic mass is 31.2. The minimum absolute atomic E-state index is 0.202. The number of rotatable bonds is 12. The van der Waals surface area contributed by atoms with Gasteiger partial charge in [0, 0.05) is 11.4 Å². The molecule has 248 valence electrons. The number of benzene rings is 2. The molecule has 1 saturated carbocycles. The first-order valence-corrected chi connectivity index (χ1v) is 16.8. The predicted octanol–water partition coefficient (Wildman–Crippen LogP) is 4.60. The Morgan fingerprint density at radius 2 is 1.98 bits per heavy atom. The summed E-state index contributed by atoms with van der Waals surface area (Å²) in [6.07, 6.45) is 3.61. The summed E-state index contributed by atoms with van der Waals surface area (Å²) in [6, 6.07) is 11.6. The Labute approximate surface area is 270 Å². The standard InChI is InChI=1S/C32H36FN6O7P/c1-6-32(33)27(40)25(45-31(32)39-17-34-26-28(37-22-14-15-22)35-20(5)36-29(26)39)16-43-47(42,38-19(4)30(41)44-18(2)3)46-24-13-9-11-21-10-7-8-12-23(21)24/h1,7-13,17-19,22,25,27,31,40H,14-16H2,2-5H3,(H,38,42)(H,35,36,37)/t19-,25+,27+,31+,32+,47?/m0/s1. The monoisotopic (exact) mass is 666 g/mol. The van der Waals surface area contributed by atoms with E-state index in [1.165, 1.54) is 17.8 Å². The maximum atomic E-state index is 16.5. The van der Waals surface area contributed by atoms with Crippen LogP contribution in [0.25, 0.3) is 21.9 Å². The number of esters is 1. The number of carbonyl (C=O) groups is 1. The van der Waals surface area contributed by atoms with Crippen molar-refractivity contribution in [2.45, 2.75) is 82.8 Å². The molecule has 0 bridgehead atoms. The summed E-state index contributed by atoms with van der Waals surface area (Å²) in [5, 5.41) is 18.5. The first-order valence-electron chi connectivity index (χ1n) is 15.3. The van der Waals surface area contributed by atoms with Gasteiger partial charge in [-0.15, -0.1) is 6.42 Å². The lowest BCUT2D eigenvalue weighted by Crippen LogP contribution is -2.42. The van der Waals surface area contributed by atoms with Crippen molar-refractivity contribution in [3.63, 3.8) is 0 Å². The zero-order valence-electron chi connectivity index (χ0n) is 26.3. The smallest absolute Gasteiger partial charge is 0.459 e. The van der Waals surface area contributed by atoms with Crippen molar-refractivity contribution in [1.29, 1.82) is 0 Å². The van der Waals surface area contributed by atoms with Crippen LogP contribution in [0.4, 0.5) is 10.2 Å². The molecule has 4 aromatic rings. The lowest BCUT2D eigenvalue weighted by atomic mass is 9.97. The molecular weight excluding hydrogens is 630 g/mol. The van der Waals surface area contributed by atoms with Gasteiger partial charge in [-0.25, -0.2) is 23.9 Å². The number of aliphatic hydroxyl groups excluding tert-OH is 1. The van der Waals surface area contributed by atoms with Crippen molar-refractivity contribution in [1.82, 2.24) is 24.6 Å². The van der Waals surface area contributed by atoms with Crippen LogP contribution in [0.5, 0.6) is 5.75 Å². The average Bonchev–Trinajstić information content (AvgIpc) is 3.70. The van der Waals surface area contributed by atoms with Crippen LogP contribution in [0.3, 0.4) is 0 Å². The second-order valence-electron chi connectivity index (χ2n) is 11.9. The maximum absolute atomic E-state index is 16.5. The van der Waals surface area contributed by atoms with Crippen LogP contribution in [0.2, 0.25) is 0 Å². The van der Waals surface area contributed by atoms with Gasteiger partial charge in [0.05, 0.1) is 19.0 Å². The maximum Gasteiger partial charge on any atom is 0.459 e. The average molecular weight is 667 g/mol. The van der Waals surface area contributed by atoms with Crippen molar-refractivity contribution < 1.29 is 37.4 Å². The Morgan fingerprint density at radius 3 is 2.70 bits per heavy atom. The van der Waals surface area contributed by atoms with Crippen LogP contribution in [-0.2, 0) is 23.4 Å². The molecule has 1 aliphatic heterocycles. The molecule has 13 nitrogen and oxygen atoms in total. The fourth-order valence-corrected chi connectivity index (χ4v) is 6.84. The molecule has 2 aromatic carbocycles. The van der Waals surface area contributed by atoms with E-state index in [0.717, 1.165) is 18.2 Å². The lowest BCUT2D eigenvalue weighted by Gasteiger charge is -2.25. The fourth-order valence-electron chi connectivity index (χ4n) is 5.32. The van der Waals surface area contributed by atoms with Crippen molar-refractivity contribution in [2.24, 2.45) is 0 Å². The molecule has 2 aliphatic rings. The van der Waals surface area contributed by atoms with E-state index in [9.17, 15) is 14.5 Å². The second kappa shape index (κ2) is 12.8. The van der Waals surface area contributed by atoms with Crippen molar-refractivity contribution in [2.75, 3.05) is 11.9 Å². The molecular formula is C32H36FN6O7P. The molecule has 1 saturated heterocycles. The van der Waals surface area contributed by atoms with Gasteiger partial charge in [0.15, 0.2) is 23.2 Å². The van der Waals surface area contributed by atoms with Gasteiger partial charge in [0.25, 0.3) is 0 Å². The number of imidazole rings is 1. The van der Waals surface area contributed by atoms with Crippen LogP contribution in [-0.4, -0.2) is 73.3 Å². The SMILES string of the molecule is C#C[C@@]1(F)[C@H](O)[C@@H](COP(=O)(N[C@@H](C)C(=O)OC(C)C)Oc2cccc3ccccc23)O[C@H]1n1cnc2c(NC3CC3)nc(C)nc21. The first kappa shape index (κ1) is 32.8. The van der Waals surface area contributed by atoms with Gasteiger partial charge in [-0.05, 0) is 52.0 Å². The number of terminal acetylenes is 1. The van der Waals surface area contributed by atoms with E-state index >= 15 is 4.39 Å². The minimum Gasteiger partial charge on any atom is -0.462 e. The van der Waals surface area contributed by atoms with E-state index in [-0.39, 0.29) is 17.4 Å². The number of halogens is 1. The molecule has 15 heteroatoms. The molecule has 0 amide bonds. The number of anilines is 1. The summed E-state index contributed by atoms with van der Waals surface area (Å²) in [7, 11) is -4.43. The quantitative estimate of drug-likeness (QED) is 0.110. The van der Waals surface area contributed by atoms with Crippen molar-refractivity contribution in [3.05, 3.63) is 54.6 Å². The van der Waals surface area contributed by atoms with Crippen LogP contribution in [0.1, 0.15) is 45.7 Å². The summed E-state index contributed by atoms with van der Waals surface area (Å²) in [6.45, 7) is 5.85. The zero-order valence-corrected chi connectivity index (χ0v) is 27.2. The summed E-state index contributed by atoms with van der Waals surface area (Å²) in [4.78, 5) is 25.9. The van der Waals surface area contributed by atoms with E-state index < -0.39 is 56.6 Å². The molecule has 2 aromatic heterocycles. The van der Waals surface area contributed by atoms with Crippen LogP contribution in [0, 0.1) is 19.3 Å². The largest absolute Gasteiger partial charge is 0.462 e. The molecule has 0 spiro atoms. The second-order valence-corrected chi connectivity index (χ2v) is 13.6. The molecule has 1 aliphatic carbocycles. The van der Waals surface area contributed by atoms with Crippen LogP contribution >= 0.6 is 7.75 Å². The Kier molecular flexibility index (Phi) is 8.95. The van der Waals surface area contributed by atoms with Crippen molar-refractivity contribution >= 4 is 41.5 Å². The minimum atomic E-state index is -4.43. The highest BCUT2D eigenvalue weighted by molar-refractivity contribution is 7.52. The van der Waals surface area contributed by atoms with Crippen LogP contribution < -0.4 is 14.9 Å². The number of hydrogen-bond acceptors (Lipinski definition) is 11. The fraction of sp³-hybridized carbons (Fsp3) is 0.438. The molecule has 6 rings (SSSR count). The Bertz CT molecular complexity index is 1890. The summed E-state index contributed by atoms with van der Waals surface area (Å²) in [5.74, 6) is 2.45. The number of aryl methyl sites for hydroxylation is 1. The molecule has 0 radical (unpaired) electrons. The summed E-state index contributed by atoms with van der Waals surface area (Å²) >= 11 is 0. The molecule has 3 heterocycles. The van der Waals surface area contributed by atoms with Gasteiger partial charge in [-0.1, -0.05) is 42.3 Å². The van der Waals surface area contributed by atoms with Gasteiger partial charge in [-0.3, -0.25) is 13.9 Å². The zero-order chi connectivity index (χ0) is 33.5. The third-order valence-electron chi connectivity index (χ3n) is 7.81. The molecule has 47 heavy (non-hydrogen) atoms. The lowest BCUT2D eigenvalue weighted by molar-refractivity contribution is -0.149. The number of carbonyl (C=O) groups excluding carboxylic acids is 1. The summed E-state index contributed by atoms with van der Waals surface area (Å²) < 4.78 is 55.0. The molecule has 1 unspecified atom stereocenters. The van der Waals surface area contributed by atoms with Gasteiger partial charge in [-0.2, -0.15) is 5.09 Å². The van der Waals surface area contributed by atoms with E-state index in [2.05, 4.69) is 25.4 Å². The molecule has 3 N–H and O–H groups in total. The number of aromatic nitrogens is 4. The Balaban J connectivity index is 1.28. The highest BCUT2D eigenvalue weighted by Gasteiger charge is 2.58. The van der Waals surface area contributed by atoms with E-state index in [1.54, 1.807) is 45.0 Å². The van der Waals surface area contributed by atoms with Crippen molar-refractivity contribution in [3.8, 4) is 18.1 Å². The Morgan fingerprint density at radius 1 is 1.23 bits per heavy atom. The Hall–Kier alpha value is -4.12. The van der Waals surface area contributed by atoms with Gasteiger partial charge in [0.2, 0.25) is 5.67 Å². The number of ether oxygens (including phenoxy) is 2. The number of alkyl halides is 1. The molecule has 6 atom stereocenters. The highest BCUT2D eigenvalue weighted by Crippen LogP contribution is 2.49. The molecule has 2 fully saturated rings. The first-order chi connectivity index (χ1) is 22.4. The number of hydrogen-bond donors (Lipinski definition) is 3. The third kappa shape index (κ3) is 6.68.